The minimum atomic E-state index is -0.505. The second-order valence-corrected chi connectivity index (χ2v) is 11.3. The highest BCUT2D eigenvalue weighted by Crippen LogP contribution is 2.33. The van der Waals surface area contributed by atoms with Gasteiger partial charge in [0.15, 0.2) is 0 Å². The molecule has 0 unspecified atom stereocenters. The van der Waals surface area contributed by atoms with E-state index in [9.17, 15) is 33.3 Å². The Morgan fingerprint density at radius 1 is 0.412 bits per heavy atom. The van der Waals surface area contributed by atoms with E-state index in [1.807, 2.05) is 12.1 Å². The number of benzene rings is 5. The van der Waals surface area contributed by atoms with Crippen molar-refractivity contribution in [3.05, 3.63) is 131 Å². The molecule has 0 aliphatic heterocycles. The molecule has 0 radical (unpaired) electrons. The van der Waals surface area contributed by atoms with Crippen LogP contribution in [0.1, 0.15) is 6.92 Å². The highest BCUT2D eigenvalue weighted by Gasteiger charge is 2.23. The smallest absolute Gasteiger partial charge is 0.141 e. The van der Waals surface area contributed by atoms with Crippen molar-refractivity contribution in [1.82, 2.24) is 19.9 Å². The van der Waals surface area contributed by atoms with Gasteiger partial charge in [0.25, 0.3) is 0 Å². The van der Waals surface area contributed by atoms with Crippen LogP contribution in [0.5, 0.6) is 0 Å². The third-order valence-electron chi connectivity index (χ3n) is 8.23. The fourth-order valence-corrected chi connectivity index (χ4v) is 5.81. The van der Waals surface area contributed by atoms with E-state index in [-0.39, 0.29) is 60.9 Å². The average molecular weight is 674 g/mol. The number of nitrogens with zero attached hydrogens (tertiary/aromatic N) is 7. The van der Waals surface area contributed by atoms with Crippen LogP contribution in [-0.4, -0.2) is 19.9 Å². The van der Waals surface area contributed by atoms with E-state index in [4.69, 9.17) is 19.9 Å². The number of fused-ring (bicyclic) bond motifs is 2. The largest absolute Gasteiger partial charge is 0.243 e. The lowest BCUT2D eigenvalue weighted by molar-refractivity contribution is 0.627. The molecule has 0 N–H and O–H groups in total. The maximum Gasteiger partial charge on any atom is 0.141 e. The molecule has 0 saturated heterocycles. The molecule has 2 heterocycles. The summed E-state index contributed by atoms with van der Waals surface area (Å²) in [5, 5.41) is 30.9. The summed E-state index contributed by atoms with van der Waals surface area (Å²) >= 11 is 0. The molecule has 7 nitrogen and oxygen atoms in total. The van der Waals surface area contributed by atoms with Crippen molar-refractivity contribution in [2.24, 2.45) is 0 Å². The zero-order valence-electron chi connectivity index (χ0n) is 26.4. The Morgan fingerprint density at radius 3 is 0.902 bits per heavy atom. The zero-order chi connectivity index (χ0) is 35.8. The van der Waals surface area contributed by atoms with Gasteiger partial charge in [0, 0.05) is 33.0 Å². The van der Waals surface area contributed by atoms with Crippen LogP contribution in [-0.2, 0) is 0 Å². The van der Waals surface area contributed by atoms with Gasteiger partial charge in [-0.2, -0.15) is 15.8 Å². The summed E-state index contributed by atoms with van der Waals surface area (Å²) < 4.78 is 56.3. The first-order valence-electron chi connectivity index (χ1n) is 15.3. The molecule has 0 spiro atoms. The fraction of sp³-hybridized carbons (Fsp3) is 0.0250. The van der Waals surface area contributed by atoms with Gasteiger partial charge < -0.3 is 0 Å². The predicted molar refractivity (Wildman–Crippen MR) is 183 cm³/mol. The molecule has 242 valence electrons. The molecule has 0 aliphatic carbocycles. The number of rotatable bonds is 4. The summed E-state index contributed by atoms with van der Waals surface area (Å²) in [6, 6.07) is 27.7. The fourth-order valence-electron chi connectivity index (χ4n) is 5.81. The quantitative estimate of drug-likeness (QED) is 0.139. The van der Waals surface area contributed by atoms with Crippen molar-refractivity contribution in [2.45, 2.75) is 6.92 Å². The van der Waals surface area contributed by atoms with Crippen LogP contribution in [0, 0.1) is 57.3 Å². The molecular formula is C40H19F4N7. The predicted octanol–water partition coefficient (Wildman–Crippen LogP) is 7.69. The molecular weight excluding hydrogens is 654 g/mol. The summed E-state index contributed by atoms with van der Waals surface area (Å²) in [5.41, 5.74) is 2.52. The third kappa shape index (κ3) is 5.78. The van der Waals surface area contributed by atoms with Crippen molar-refractivity contribution in [3.8, 4) is 63.2 Å². The Labute approximate surface area is 287 Å². The lowest BCUT2D eigenvalue weighted by Crippen LogP contribution is -2.23. The Kier molecular flexibility index (Phi) is 8.20. The van der Waals surface area contributed by atoms with Gasteiger partial charge in [-0.15, -0.1) is 0 Å². The van der Waals surface area contributed by atoms with Gasteiger partial charge in [-0.25, -0.2) is 37.5 Å². The minimum absolute atomic E-state index is 0.0178. The Hall–Kier alpha value is -7.29. The highest BCUT2D eigenvalue weighted by molar-refractivity contribution is 6.02. The van der Waals surface area contributed by atoms with Crippen molar-refractivity contribution in [3.63, 3.8) is 0 Å². The topological polar surface area (TPSA) is 123 Å². The summed E-state index contributed by atoms with van der Waals surface area (Å²) in [6.45, 7) is 1.54. The first-order chi connectivity index (χ1) is 24.7. The van der Waals surface area contributed by atoms with Gasteiger partial charge in [0.1, 0.15) is 63.0 Å². The normalized spacial score (nSPS) is 10.8. The number of aromatic nitrogens is 4. The summed E-state index contributed by atoms with van der Waals surface area (Å²) in [5.74, 6) is -2.01. The molecule has 51 heavy (non-hydrogen) atoms. The molecule has 7 rings (SSSR count). The Morgan fingerprint density at radius 2 is 0.667 bits per heavy atom. The van der Waals surface area contributed by atoms with E-state index < -0.39 is 28.8 Å². The Bertz CT molecular complexity index is 2620. The molecule has 11 heteroatoms. The summed E-state index contributed by atoms with van der Waals surface area (Å²) in [6.07, 6.45) is 0. The van der Waals surface area contributed by atoms with Crippen LogP contribution in [0.3, 0.4) is 0 Å². The monoisotopic (exact) mass is 673 g/mol. The van der Waals surface area contributed by atoms with Crippen molar-refractivity contribution >= 4 is 33.2 Å². The number of hydrogen-bond acceptors (Lipinski definition) is 7. The van der Waals surface area contributed by atoms with Crippen LogP contribution < -0.4 is 10.4 Å². The SMILES string of the molecule is CC(C#N)=c1c2nc(-c3ccc(F)cc3)c(-c3ccc(F)cc3)nc2c(=C(C#N)C#N)c2nc(-c3ccc(F)cc3)c(-c3ccc(F)cc3)nc12. The molecule has 2 aromatic heterocycles. The van der Waals surface area contributed by atoms with Crippen molar-refractivity contribution in [2.75, 3.05) is 0 Å². The second kappa shape index (κ2) is 13.0. The van der Waals surface area contributed by atoms with E-state index in [0.717, 1.165) is 0 Å². The molecule has 0 bridgehead atoms. The van der Waals surface area contributed by atoms with Crippen LogP contribution >= 0.6 is 0 Å². The maximum atomic E-state index is 14.1. The summed E-state index contributed by atoms with van der Waals surface area (Å²) in [7, 11) is 0. The van der Waals surface area contributed by atoms with E-state index in [1.165, 1.54) is 104 Å². The van der Waals surface area contributed by atoms with Gasteiger partial charge in [-0.1, -0.05) is 0 Å². The average Bonchev–Trinajstić information content (AvgIpc) is 3.15. The van der Waals surface area contributed by atoms with Crippen LogP contribution in [0.15, 0.2) is 97.1 Å². The first kappa shape index (κ1) is 32.3. The van der Waals surface area contributed by atoms with Crippen LogP contribution in [0.4, 0.5) is 17.6 Å². The molecule has 0 amide bonds. The van der Waals surface area contributed by atoms with E-state index in [1.54, 1.807) is 0 Å². The van der Waals surface area contributed by atoms with Gasteiger partial charge in [-0.3, -0.25) is 0 Å². The van der Waals surface area contributed by atoms with E-state index in [2.05, 4.69) is 6.07 Å². The molecule has 0 fully saturated rings. The number of nitriles is 3. The third-order valence-corrected chi connectivity index (χ3v) is 8.23. The highest BCUT2D eigenvalue weighted by atomic mass is 19.1. The zero-order valence-corrected chi connectivity index (χ0v) is 26.4. The van der Waals surface area contributed by atoms with Crippen LogP contribution in [0.2, 0.25) is 0 Å². The molecule has 5 aromatic carbocycles. The number of hydrogen-bond donors (Lipinski definition) is 0. The second-order valence-electron chi connectivity index (χ2n) is 11.3. The van der Waals surface area contributed by atoms with Gasteiger partial charge in [-0.05, 0) is 104 Å². The van der Waals surface area contributed by atoms with Gasteiger partial charge in [0.05, 0.1) is 34.1 Å². The van der Waals surface area contributed by atoms with E-state index >= 15 is 0 Å². The van der Waals surface area contributed by atoms with Crippen molar-refractivity contribution < 1.29 is 17.6 Å². The standard InChI is InChI=1S/C40H19F4N7/c1-21(18-45)31-37-39(50-35(24-6-14-29(43)15-7-24)33(48-37)22-2-10-27(41)11-3-22)32(26(19-46)20-47)40-38(31)49-34(23-4-12-28(42)13-5-23)36(51-40)25-8-16-30(44)17-9-25/h2-17H,1H3. The lowest BCUT2D eigenvalue weighted by Gasteiger charge is -2.15. The lowest BCUT2D eigenvalue weighted by atomic mass is 9.99. The summed E-state index contributed by atoms with van der Waals surface area (Å²) in [4.78, 5) is 19.8. The number of halogens is 4. The molecule has 0 saturated carbocycles. The molecule has 0 aliphatic rings. The first-order valence-corrected chi connectivity index (χ1v) is 15.3. The maximum absolute atomic E-state index is 14.1. The van der Waals surface area contributed by atoms with Gasteiger partial charge in [0.2, 0.25) is 0 Å². The van der Waals surface area contributed by atoms with Crippen molar-refractivity contribution in [1.29, 1.82) is 15.8 Å². The van der Waals surface area contributed by atoms with Crippen LogP contribution in [0.25, 0.3) is 78.2 Å². The minimum Gasteiger partial charge on any atom is -0.243 e. The Balaban J connectivity index is 1.77. The van der Waals surface area contributed by atoms with Gasteiger partial charge >= 0.3 is 0 Å². The molecule has 7 aromatic rings. The van der Waals surface area contributed by atoms with E-state index in [0.29, 0.717) is 22.3 Å². The molecule has 0 atom stereocenters.